The number of nitrogens with one attached hydrogen (secondary N) is 2. The lowest BCUT2D eigenvalue weighted by Crippen LogP contribution is -2.41. The molecular formula is C28H44N2O9. The molecule has 0 unspecified atom stereocenters. The fraction of sp³-hybridized carbons (Fsp3) is 0.643. The van der Waals surface area contributed by atoms with Crippen molar-refractivity contribution in [2.45, 2.75) is 77.2 Å². The molecule has 0 fully saturated rings. The van der Waals surface area contributed by atoms with Gasteiger partial charge in [-0.1, -0.05) is 32.1 Å². The molecule has 0 aliphatic carbocycles. The minimum atomic E-state index is -1.16. The van der Waals surface area contributed by atoms with Gasteiger partial charge in [0.05, 0.1) is 32.0 Å². The Kier molecular flexibility index (Phi) is 18.9. The van der Waals surface area contributed by atoms with Crippen LogP contribution in [0.4, 0.5) is 0 Å². The molecule has 11 nitrogen and oxygen atoms in total. The summed E-state index contributed by atoms with van der Waals surface area (Å²) in [6.45, 7) is 4.71. The molecule has 1 aromatic rings. The van der Waals surface area contributed by atoms with Crippen LogP contribution < -0.4 is 15.4 Å². The van der Waals surface area contributed by atoms with Gasteiger partial charge in [-0.05, 0) is 50.5 Å². The Morgan fingerprint density at radius 3 is 2.05 bits per heavy atom. The Morgan fingerprint density at radius 2 is 1.41 bits per heavy atom. The van der Waals surface area contributed by atoms with Gasteiger partial charge in [-0.2, -0.15) is 0 Å². The SMILES string of the molecule is CCOCCOCCNC(=O)CC[C@H](NC(=O)CCCCCCCCCOc1ccc(C(=O)O)cc1)C(=O)O. The van der Waals surface area contributed by atoms with Gasteiger partial charge < -0.3 is 35.1 Å². The molecule has 0 spiro atoms. The molecule has 39 heavy (non-hydrogen) atoms. The third-order valence-electron chi connectivity index (χ3n) is 5.86. The molecule has 0 heterocycles. The predicted octanol–water partition coefficient (Wildman–Crippen LogP) is 3.40. The average molecular weight is 553 g/mol. The van der Waals surface area contributed by atoms with E-state index >= 15 is 0 Å². The standard InChI is InChI=1S/C28H44N2O9/c1-2-37-20-21-38-19-17-29-25(31)16-15-24(28(35)36)30-26(32)10-8-6-4-3-5-7-9-18-39-23-13-11-22(12-14-23)27(33)34/h11-14,24H,2-10,15-21H2,1H3,(H,29,31)(H,30,32)(H,33,34)(H,35,36)/t24-/m0/s1. The van der Waals surface area contributed by atoms with Crippen LogP contribution in [0.1, 0.15) is 81.5 Å². The number of ether oxygens (including phenoxy) is 3. The molecule has 0 saturated heterocycles. The molecule has 1 rings (SSSR count). The van der Waals surface area contributed by atoms with Crippen molar-refractivity contribution in [2.75, 3.05) is 39.6 Å². The number of carbonyl (C=O) groups excluding carboxylic acids is 2. The summed E-state index contributed by atoms with van der Waals surface area (Å²) in [6.07, 6.45) is 6.84. The first kappa shape index (κ1) is 33.8. The van der Waals surface area contributed by atoms with Crippen LogP contribution in [0.5, 0.6) is 5.75 Å². The van der Waals surface area contributed by atoms with Crippen molar-refractivity contribution in [3.63, 3.8) is 0 Å². The summed E-state index contributed by atoms with van der Waals surface area (Å²) in [5, 5.41) is 23.4. The Balaban J connectivity index is 2.03. The Bertz CT molecular complexity index is 846. The third-order valence-corrected chi connectivity index (χ3v) is 5.86. The summed E-state index contributed by atoms with van der Waals surface area (Å²) in [4.78, 5) is 46.4. The lowest BCUT2D eigenvalue weighted by atomic mass is 10.1. The Labute approximate surface area is 230 Å². The van der Waals surface area contributed by atoms with E-state index in [4.69, 9.17) is 19.3 Å². The second-order valence-electron chi connectivity index (χ2n) is 9.06. The number of benzene rings is 1. The van der Waals surface area contributed by atoms with Crippen molar-refractivity contribution >= 4 is 23.8 Å². The van der Waals surface area contributed by atoms with Crippen molar-refractivity contribution < 1.29 is 43.6 Å². The number of carboxylic acid groups (broad SMARTS) is 2. The number of carbonyl (C=O) groups is 4. The van der Waals surface area contributed by atoms with Gasteiger partial charge >= 0.3 is 11.9 Å². The highest BCUT2D eigenvalue weighted by atomic mass is 16.5. The van der Waals surface area contributed by atoms with Crippen molar-refractivity contribution in [2.24, 2.45) is 0 Å². The second-order valence-corrected chi connectivity index (χ2v) is 9.06. The summed E-state index contributed by atoms with van der Waals surface area (Å²) in [5.74, 6) is -2.07. The van der Waals surface area contributed by atoms with Gasteiger partial charge in [0.2, 0.25) is 11.8 Å². The highest BCUT2D eigenvalue weighted by molar-refractivity contribution is 5.87. The van der Waals surface area contributed by atoms with E-state index in [-0.39, 0.29) is 36.6 Å². The maximum absolute atomic E-state index is 12.2. The van der Waals surface area contributed by atoms with Crippen molar-refractivity contribution in [1.29, 1.82) is 0 Å². The largest absolute Gasteiger partial charge is 0.494 e. The van der Waals surface area contributed by atoms with Crippen LogP contribution in [-0.4, -0.2) is 79.6 Å². The number of hydrogen-bond acceptors (Lipinski definition) is 7. The van der Waals surface area contributed by atoms with Crippen molar-refractivity contribution in [3.05, 3.63) is 29.8 Å². The molecule has 2 amide bonds. The minimum absolute atomic E-state index is 0.00175. The van der Waals surface area contributed by atoms with Crippen LogP contribution in [0.25, 0.3) is 0 Å². The number of aliphatic carboxylic acids is 1. The van der Waals surface area contributed by atoms with Crippen LogP contribution in [0.3, 0.4) is 0 Å². The van der Waals surface area contributed by atoms with Crippen LogP contribution >= 0.6 is 0 Å². The normalized spacial score (nSPS) is 11.5. The van der Waals surface area contributed by atoms with E-state index in [1.807, 2.05) is 6.92 Å². The highest BCUT2D eigenvalue weighted by Crippen LogP contribution is 2.14. The number of rotatable bonds is 24. The van der Waals surface area contributed by atoms with Crippen molar-refractivity contribution in [1.82, 2.24) is 10.6 Å². The van der Waals surface area contributed by atoms with Gasteiger partial charge in [-0.25, -0.2) is 9.59 Å². The summed E-state index contributed by atoms with van der Waals surface area (Å²) in [6, 6.07) is 5.25. The Hall–Kier alpha value is -3.18. The molecule has 220 valence electrons. The fourth-order valence-electron chi connectivity index (χ4n) is 3.67. The van der Waals surface area contributed by atoms with E-state index in [0.717, 1.165) is 38.5 Å². The summed E-state index contributed by atoms with van der Waals surface area (Å²) < 4.78 is 16.1. The first-order chi connectivity index (χ1) is 18.8. The molecule has 4 N–H and O–H groups in total. The number of unbranched alkanes of at least 4 members (excludes halogenated alkanes) is 6. The first-order valence-corrected chi connectivity index (χ1v) is 13.7. The molecular weight excluding hydrogens is 508 g/mol. The van der Waals surface area contributed by atoms with E-state index in [1.165, 1.54) is 12.1 Å². The zero-order chi connectivity index (χ0) is 28.7. The Morgan fingerprint density at radius 1 is 0.769 bits per heavy atom. The smallest absolute Gasteiger partial charge is 0.335 e. The molecule has 11 heteroatoms. The van der Waals surface area contributed by atoms with Gasteiger partial charge in [0, 0.05) is 26.0 Å². The molecule has 1 aromatic carbocycles. The maximum atomic E-state index is 12.2. The number of amides is 2. The van der Waals surface area contributed by atoms with Crippen molar-refractivity contribution in [3.8, 4) is 5.75 Å². The van der Waals surface area contributed by atoms with E-state index in [9.17, 15) is 24.3 Å². The molecule has 0 aliphatic heterocycles. The van der Waals surface area contributed by atoms with Gasteiger partial charge in [0.15, 0.2) is 0 Å². The first-order valence-electron chi connectivity index (χ1n) is 13.7. The second kappa shape index (κ2) is 21.7. The lowest BCUT2D eigenvalue weighted by molar-refractivity contribution is -0.142. The predicted molar refractivity (Wildman–Crippen MR) is 145 cm³/mol. The summed E-state index contributed by atoms with van der Waals surface area (Å²) >= 11 is 0. The molecule has 0 radical (unpaired) electrons. The van der Waals surface area contributed by atoms with Crippen LogP contribution in [0.15, 0.2) is 24.3 Å². The molecule has 0 bridgehead atoms. The van der Waals surface area contributed by atoms with E-state index < -0.39 is 18.0 Å². The zero-order valence-corrected chi connectivity index (χ0v) is 23.0. The van der Waals surface area contributed by atoms with Gasteiger partial charge in [-0.15, -0.1) is 0 Å². The minimum Gasteiger partial charge on any atom is -0.494 e. The quantitative estimate of drug-likeness (QED) is 0.141. The van der Waals surface area contributed by atoms with Gasteiger partial charge in [0.25, 0.3) is 0 Å². The van der Waals surface area contributed by atoms with E-state index in [0.29, 0.717) is 51.7 Å². The monoisotopic (exact) mass is 552 g/mol. The topological polar surface area (TPSA) is 160 Å². The van der Waals surface area contributed by atoms with E-state index in [1.54, 1.807) is 12.1 Å². The number of carboxylic acids is 2. The molecule has 1 atom stereocenters. The van der Waals surface area contributed by atoms with E-state index in [2.05, 4.69) is 10.6 Å². The average Bonchev–Trinajstić information content (AvgIpc) is 2.91. The van der Waals surface area contributed by atoms with Crippen LogP contribution in [0.2, 0.25) is 0 Å². The maximum Gasteiger partial charge on any atom is 0.335 e. The summed E-state index contributed by atoms with van der Waals surface area (Å²) in [7, 11) is 0. The fourth-order valence-corrected chi connectivity index (χ4v) is 3.67. The summed E-state index contributed by atoms with van der Waals surface area (Å²) in [5.41, 5.74) is 0.230. The molecule has 0 saturated carbocycles. The van der Waals surface area contributed by atoms with Gasteiger partial charge in [-0.3, -0.25) is 9.59 Å². The van der Waals surface area contributed by atoms with Crippen LogP contribution in [0, 0.1) is 0 Å². The highest BCUT2D eigenvalue weighted by Gasteiger charge is 2.20. The third kappa shape index (κ3) is 17.9. The van der Waals surface area contributed by atoms with Crippen LogP contribution in [-0.2, 0) is 23.9 Å². The zero-order valence-electron chi connectivity index (χ0n) is 23.0. The van der Waals surface area contributed by atoms with Gasteiger partial charge in [0.1, 0.15) is 11.8 Å². The molecule has 0 aliphatic rings. The molecule has 0 aromatic heterocycles. The lowest BCUT2D eigenvalue weighted by Gasteiger charge is -2.14. The number of hydrogen-bond donors (Lipinski definition) is 4. The number of aromatic carboxylic acids is 1.